The molecule has 1 aromatic rings. The van der Waals surface area contributed by atoms with Crippen LogP contribution in [-0.2, 0) is 4.12 Å². The van der Waals surface area contributed by atoms with Crippen molar-refractivity contribution in [2.75, 3.05) is 0 Å². The normalized spacial score (nSPS) is 16.9. The first kappa shape index (κ1) is 8.04. The molecule has 0 fully saturated rings. The Morgan fingerprint density at radius 2 is 1.60 bits per heavy atom. The quantitative estimate of drug-likeness (QED) is 0.420. The highest BCUT2D eigenvalue weighted by atomic mass is 35.5. The maximum atomic E-state index is 6.18. The fourth-order valence-electron chi connectivity index (χ4n) is 0.834. The molecule has 0 N–H and O–H groups in total. The highest BCUT2D eigenvalue weighted by molar-refractivity contribution is 6.61. The van der Waals surface area contributed by atoms with Crippen molar-refractivity contribution in [1.82, 2.24) is 0 Å². The van der Waals surface area contributed by atoms with Crippen LogP contribution >= 0.6 is 11.6 Å². The summed E-state index contributed by atoms with van der Waals surface area (Å²) in [5.74, 6) is 0. The lowest BCUT2D eigenvalue weighted by Crippen LogP contribution is -2.17. The van der Waals surface area contributed by atoms with Crippen molar-refractivity contribution in [2.24, 2.45) is 0 Å². The van der Waals surface area contributed by atoms with Gasteiger partial charge in [-0.15, -0.1) is 11.6 Å². The third-order valence-corrected chi connectivity index (χ3v) is 2.83. The van der Waals surface area contributed by atoms with E-state index in [0.29, 0.717) is 0 Å². The largest absolute Gasteiger partial charge is 0.124 e. The van der Waals surface area contributed by atoms with Crippen LogP contribution in [0.3, 0.4) is 0 Å². The second-order valence-electron chi connectivity index (χ2n) is 2.84. The van der Waals surface area contributed by atoms with Gasteiger partial charge in [0.05, 0.1) is 0 Å². The number of hydrogen-bond acceptors (Lipinski definition) is 0. The number of hydrogen-bond donors (Lipinski definition) is 0. The van der Waals surface area contributed by atoms with Crippen molar-refractivity contribution in [3.05, 3.63) is 35.9 Å². The number of benzene rings is 1. The lowest BCUT2D eigenvalue weighted by atomic mass is 10.2. The van der Waals surface area contributed by atoms with Crippen molar-refractivity contribution in [3.63, 3.8) is 0 Å². The van der Waals surface area contributed by atoms with Crippen LogP contribution in [-0.4, -0.2) is 20.5 Å². The molecule has 0 radical (unpaired) electrons. The maximum Gasteiger partial charge on any atom is 0.0347 e. The summed E-state index contributed by atoms with van der Waals surface area (Å²) in [6, 6.07) is 10.3. The fourth-order valence-corrected chi connectivity index (χ4v) is 1.63. The first-order valence-corrected chi connectivity index (χ1v) is 5.73. The zero-order valence-corrected chi connectivity index (χ0v) is 11.0. The standard InChI is InChI=1S/C7H11ClSi2/c8-7(9,10)6-4-2-1-3-5-6/h1-5H,9-10H3. The van der Waals surface area contributed by atoms with E-state index in [4.69, 9.17) is 11.6 Å². The van der Waals surface area contributed by atoms with E-state index in [1.165, 1.54) is 5.56 Å². The van der Waals surface area contributed by atoms with Gasteiger partial charge in [0.1, 0.15) is 0 Å². The van der Waals surface area contributed by atoms with Crippen LogP contribution in [0, 0.1) is 0 Å². The van der Waals surface area contributed by atoms with E-state index in [-0.39, 0.29) is 4.12 Å². The van der Waals surface area contributed by atoms with Crippen LogP contribution in [0.4, 0.5) is 0 Å². The van der Waals surface area contributed by atoms with Gasteiger partial charge in [-0.2, -0.15) is 0 Å². The Hall–Kier alpha value is -0.0562. The second-order valence-corrected chi connectivity index (χ2v) is 11.1. The Morgan fingerprint density at radius 3 is 1.90 bits per heavy atom. The molecular weight excluding hydrogens is 176 g/mol. The molecule has 0 heterocycles. The summed E-state index contributed by atoms with van der Waals surface area (Å²) in [5.41, 5.74) is 1.29. The molecule has 0 aromatic heterocycles. The van der Waals surface area contributed by atoms with E-state index in [1.807, 2.05) is 18.2 Å². The lowest BCUT2D eigenvalue weighted by Gasteiger charge is -2.15. The predicted octanol–water partition coefficient (Wildman–Crippen LogP) is -0.234. The van der Waals surface area contributed by atoms with Gasteiger partial charge in [-0.25, -0.2) is 0 Å². The minimum absolute atomic E-state index is 0.0429. The Morgan fingerprint density at radius 1 is 1.10 bits per heavy atom. The zero-order chi connectivity index (χ0) is 7.61. The summed E-state index contributed by atoms with van der Waals surface area (Å²) in [6.45, 7) is 0. The summed E-state index contributed by atoms with van der Waals surface area (Å²) in [4.78, 5) is 0. The smallest absolute Gasteiger partial charge is 0.0347 e. The van der Waals surface area contributed by atoms with Crippen molar-refractivity contribution < 1.29 is 0 Å². The minimum Gasteiger partial charge on any atom is -0.124 e. The summed E-state index contributed by atoms with van der Waals surface area (Å²) >= 11 is 6.18. The molecule has 0 amide bonds. The molecule has 0 aliphatic carbocycles. The Balaban J connectivity index is 2.97. The Bertz CT molecular complexity index is 203. The molecule has 0 nitrogen and oxygen atoms in total. The molecule has 0 saturated heterocycles. The first-order chi connectivity index (χ1) is 4.61. The van der Waals surface area contributed by atoms with Gasteiger partial charge < -0.3 is 0 Å². The van der Waals surface area contributed by atoms with Crippen LogP contribution in [0.15, 0.2) is 30.3 Å². The average Bonchev–Trinajstić information content (AvgIpc) is 1.88. The monoisotopic (exact) mass is 186 g/mol. The van der Waals surface area contributed by atoms with E-state index in [0.717, 1.165) is 20.5 Å². The highest BCUT2D eigenvalue weighted by Crippen LogP contribution is 2.19. The van der Waals surface area contributed by atoms with E-state index >= 15 is 0 Å². The van der Waals surface area contributed by atoms with Crippen LogP contribution in [0.1, 0.15) is 5.56 Å². The molecule has 0 spiro atoms. The van der Waals surface area contributed by atoms with Gasteiger partial charge in [0.25, 0.3) is 0 Å². The summed E-state index contributed by atoms with van der Waals surface area (Å²) in [7, 11) is 2.09. The molecule has 0 aliphatic heterocycles. The van der Waals surface area contributed by atoms with Crippen molar-refractivity contribution in [3.8, 4) is 0 Å². The van der Waals surface area contributed by atoms with Crippen molar-refractivity contribution in [2.45, 2.75) is 4.12 Å². The third-order valence-electron chi connectivity index (χ3n) is 1.46. The first-order valence-electron chi connectivity index (χ1n) is 3.35. The fraction of sp³-hybridized carbons (Fsp3) is 0.143. The van der Waals surface area contributed by atoms with Crippen LogP contribution in [0.2, 0.25) is 0 Å². The van der Waals surface area contributed by atoms with E-state index in [9.17, 15) is 0 Å². The zero-order valence-electron chi connectivity index (χ0n) is 6.26. The van der Waals surface area contributed by atoms with Crippen molar-refractivity contribution in [1.29, 1.82) is 0 Å². The predicted molar refractivity (Wildman–Crippen MR) is 53.9 cm³/mol. The Labute approximate surface area is 72.4 Å². The van der Waals surface area contributed by atoms with Gasteiger partial charge >= 0.3 is 0 Å². The van der Waals surface area contributed by atoms with E-state index in [1.54, 1.807) is 0 Å². The average molecular weight is 187 g/mol. The highest BCUT2D eigenvalue weighted by Gasteiger charge is 2.14. The molecule has 54 valence electrons. The van der Waals surface area contributed by atoms with Gasteiger partial charge in [0.15, 0.2) is 0 Å². The van der Waals surface area contributed by atoms with Gasteiger partial charge in [0.2, 0.25) is 0 Å². The van der Waals surface area contributed by atoms with Gasteiger partial charge in [0, 0.05) is 24.6 Å². The van der Waals surface area contributed by atoms with Gasteiger partial charge in [-0.1, -0.05) is 30.3 Å². The summed E-state index contributed by atoms with van der Waals surface area (Å²) in [5, 5.41) is 0. The van der Waals surface area contributed by atoms with Gasteiger partial charge in [-0.05, 0) is 5.56 Å². The third kappa shape index (κ3) is 1.97. The molecule has 3 heteroatoms. The van der Waals surface area contributed by atoms with Gasteiger partial charge in [-0.3, -0.25) is 0 Å². The SMILES string of the molecule is [SiH3]C([SiH3])(Cl)c1ccccc1. The summed E-state index contributed by atoms with van der Waals surface area (Å²) < 4.78 is 0.0429. The minimum atomic E-state index is 0.0429. The molecule has 0 bridgehead atoms. The van der Waals surface area contributed by atoms with Crippen LogP contribution < -0.4 is 0 Å². The van der Waals surface area contributed by atoms with Crippen molar-refractivity contribution >= 4 is 32.1 Å². The molecule has 1 aromatic carbocycles. The molecule has 1 rings (SSSR count). The second kappa shape index (κ2) is 2.90. The van der Waals surface area contributed by atoms with E-state index in [2.05, 4.69) is 12.1 Å². The Kier molecular flexibility index (Phi) is 2.34. The molecule has 0 aliphatic rings. The summed E-state index contributed by atoms with van der Waals surface area (Å²) in [6.07, 6.45) is 0. The van der Waals surface area contributed by atoms with Crippen LogP contribution in [0.25, 0.3) is 0 Å². The van der Waals surface area contributed by atoms with E-state index < -0.39 is 0 Å². The molecular formula is C7H11ClSi2. The number of halogens is 1. The molecule has 0 saturated carbocycles. The van der Waals surface area contributed by atoms with Crippen LogP contribution in [0.5, 0.6) is 0 Å². The molecule has 0 unspecified atom stereocenters. The topological polar surface area (TPSA) is 0 Å². The number of alkyl halides is 1. The molecule has 0 atom stereocenters. The maximum absolute atomic E-state index is 6.18. The number of rotatable bonds is 1. The molecule has 10 heavy (non-hydrogen) atoms. The lowest BCUT2D eigenvalue weighted by molar-refractivity contribution is 1.24.